The van der Waals surface area contributed by atoms with Gasteiger partial charge in [0, 0.05) is 6.54 Å². The van der Waals surface area contributed by atoms with E-state index in [0.717, 1.165) is 19.3 Å². The number of halogens is 1. The van der Waals surface area contributed by atoms with Gasteiger partial charge < -0.3 is 0 Å². The molecular formula is C14H17ClN2O2S. The van der Waals surface area contributed by atoms with Crippen LogP contribution in [0.15, 0.2) is 23.1 Å². The minimum Gasteiger partial charge on any atom is -0.211 e. The molecule has 108 valence electrons. The van der Waals surface area contributed by atoms with E-state index in [9.17, 15) is 8.42 Å². The topological polar surface area (TPSA) is 70.0 Å². The van der Waals surface area contributed by atoms with Crippen LogP contribution in [0.3, 0.4) is 0 Å². The highest BCUT2D eigenvalue weighted by molar-refractivity contribution is 7.89. The molecule has 0 saturated heterocycles. The van der Waals surface area contributed by atoms with Crippen molar-refractivity contribution in [3.05, 3.63) is 28.8 Å². The van der Waals surface area contributed by atoms with E-state index in [-0.39, 0.29) is 15.5 Å². The van der Waals surface area contributed by atoms with Crippen molar-refractivity contribution in [3.8, 4) is 6.07 Å². The molecule has 1 aromatic rings. The second kappa shape index (κ2) is 6.13. The molecule has 6 heteroatoms. The molecule has 1 aromatic carbocycles. The lowest BCUT2D eigenvalue weighted by atomic mass is 9.99. The summed E-state index contributed by atoms with van der Waals surface area (Å²) >= 11 is 5.87. The first kappa shape index (κ1) is 15.3. The fraction of sp³-hybridized carbons (Fsp3) is 0.500. The monoisotopic (exact) mass is 312 g/mol. The first-order chi connectivity index (χ1) is 9.44. The van der Waals surface area contributed by atoms with Gasteiger partial charge in [0.25, 0.3) is 0 Å². The van der Waals surface area contributed by atoms with Crippen LogP contribution in [0.25, 0.3) is 0 Å². The summed E-state index contributed by atoms with van der Waals surface area (Å²) in [5.41, 5.74) is 0.273. The number of hydrogen-bond acceptors (Lipinski definition) is 3. The molecule has 2 atom stereocenters. The van der Waals surface area contributed by atoms with E-state index in [1.54, 1.807) is 0 Å². The molecule has 0 heterocycles. The van der Waals surface area contributed by atoms with Gasteiger partial charge in [0.05, 0.1) is 15.5 Å². The fourth-order valence-corrected chi connectivity index (χ4v) is 3.99. The molecule has 2 rings (SSSR count). The molecule has 20 heavy (non-hydrogen) atoms. The van der Waals surface area contributed by atoms with Crippen molar-refractivity contribution in [2.75, 3.05) is 6.54 Å². The molecule has 2 unspecified atom stereocenters. The molecule has 1 aliphatic rings. The maximum Gasteiger partial charge on any atom is 0.240 e. The minimum atomic E-state index is -3.56. The van der Waals surface area contributed by atoms with E-state index in [1.165, 1.54) is 18.2 Å². The Hall–Kier alpha value is -1.09. The van der Waals surface area contributed by atoms with Gasteiger partial charge in [0.15, 0.2) is 0 Å². The maximum absolute atomic E-state index is 12.2. The van der Waals surface area contributed by atoms with E-state index in [4.69, 9.17) is 16.9 Å². The summed E-state index contributed by atoms with van der Waals surface area (Å²) in [7, 11) is -3.56. The fourth-order valence-electron chi connectivity index (χ4n) is 2.58. The third kappa shape index (κ3) is 3.32. The highest BCUT2D eigenvalue weighted by Gasteiger charge is 2.25. The van der Waals surface area contributed by atoms with E-state index in [0.29, 0.717) is 18.4 Å². The summed E-state index contributed by atoms with van der Waals surface area (Å²) in [5.74, 6) is 0.959. The second-order valence-electron chi connectivity index (χ2n) is 5.27. The van der Waals surface area contributed by atoms with Crippen LogP contribution in [0.5, 0.6) is 0 Å². The summed E-state index contributed by atoms with van der Waals surface area (Å²) in [6, 6.07) is 6.06. The summed E-state index contributed by atoms with van der Waals surface area (Å²) in [4.78, 5) is 0.104. The molecule has 1 fully saturated rings. The Morgan fingerprint density at radius 1 is 1.45 bits per heavy atom. The average Bonchev–Trinajstić information content (AvgIpc) is 2.82. The molecule has 1 aliphatic carbocycles. The Morgan fingerprint density at radius 2 is 2.20 bits per heavy atom. The molecule has 0 aromatic heterocycles. The third-order valence-corrected chi connectivity index (χ3v) is 5.68. The number of rotatable bonds is 4. The van der Waals surface area contributed by atoms with Gasteiger partial charge in [0.2, 0.25) is 10.0 Å². The Labute approximate surface area is 124 Å². The molecular weight excluding hydrogens is 296 g/mol. The Kier molecular flexibility index (Phi) is 4.69. The largest absolute Gasteiger partial charge is 0.240 e. The normalized spacial score (nSPS) is 22.6. The van der Waals surface area contributed by atoms with Crippen molar-refractivity contribution in [1.82, 2.24) is 4.72 Å². The highest BCUT2D eigenvalue weighted by atomic mass is 35.5. The zero-order chi connectivity index (χ0) is 14.8. The van der Waals surface area contributed by atoms with E-state index < -0.39 is 10.0 Å². The molecule has 1 N–H and O–H groups in total. The number of hydrogen-bond donors (Lipinski definition) is 1. The maximum atomic E-state index is 12.2. The van der Waals surface area contributed by atoms with Crippen molar-refractivity contribution in [2.45, 2.75) is 31.1 Å². The van der Waals surface area contributed by atoms with Gasteiger partial charge in [-0.1, -0.05) is 31.4 Å². The Morgan fingerprint density at radius 3 is 2.75 bits per heavy atom. The predicted octanol–water partition coefficient (Wildman–Crippen LogP) is 2.93. The molecule has 4 nitrogen and oxygen atoms in total. The van der Waals surface area contributed by atoms with Crippen molar-refractivity contribution in [2.24, 2.45) is 11.8 Å². The first-order valence-electron chi connectivity index (χ1n) is 6.63. The third-order valence-electron chi connectivity index (χ3n) is 3.95. The molecule has 1 saturated carbocycles. The summed E-state index contributed by atoms with van der Waals surface area (Å²) in [6.07, 6.45) is 3.39. The van der Waals surface area contributed by atoms with Crippen LogP contribution < -0.4 is 4.72 Å². The smallest absolute Gasteiger partial charge is 0.211 e. The number of nitrogens with one attached hydrogen (secondary N) is 1. The van der Waals surface area contributed by atoms with Crippen LogP contribution in [0.1, 0.15) is 31.7 Å². The molecule has 0 aliphatic heterocycles. The van der Waals surface area contributed by atoms with E-state index in [1.807, 2.05) is 6.07 Å². The molecule has 0 amide bonds. The van der Waals surface area contributed by atoms with E-state index >= 15 is 0 Å². The lowest BCUT2D eigenvalue weighted by Crippen LogP contribution is -2.30. The second-order valence-corrected chi connectivity index (χ2v) is 7.45. The van der Waals surface area contributed by atoms with Gasteiger partial charge in [0.1, 0.15) is 6.07 Å². The van der Waals surface area contributed by atoms with Gasteiger partial charge in [-0.3, -0.25) is 0 Å². The molecule has 0 radical (unpaired) electrons. The van der Waals surface area contributed by atoms with Crippen molar-refractivity contribution >= 4 is 21.6 Å². The van der Waals surface area contributed by atoms with Gasteiger partial charge >= 0.3 is 0 Å². The molecule has 0 spiro atoms. The van der Waals surface area contributed by atoms with Gasteiger partial charge in [-0.25, -0.2) is 13.1 Å². The zero-order valence-corrected chi connectivity index (χ0v) is 12.8. The lowest BCUT2D eigenvalue weighted by Gasteiger charge is -2.16. The summed E-state index contributed by atoms with van der Waals surface area (Å²) < 4.78 is 27.0. The van der Waals surface area contributed by atoms with Crippen molar-refractivity contribution < 1.29 is 8.42 Å². The summed E-state index contributed by atoms with van der Waals surface area (Å²) in [5, 5.41) is 8.95. The van der Waals surface area contributed by atoms with Crippen LogP contribution in [-0.2, 0) is 10.0 Å². The van der Waals surface area contributed by atoms with Crippen molar-refractivity contribution in [1.29, 1.82) is 5.26 Å². The zero-order valence-electron chi connectivity index (χ0n) is 11.3. The molecule has 0 bridgehead atoms. The number of benzene rings is 1. The van der Waals surface area contributed by atoms with E-state index in [2.05, 4.69) is 11.6 Å². The number of nitriles is 1. The number of nitrogens with zero attached hydrogens (tertiary/aromatic N) is 1. The van der Waals surface area contributed by atoms with Crippen LogP contribution in [-0.4, -0.2) is 15.0 Å². The van der Waals surface area contributed by atoms with Crippen LogP contribution in [0.2, 0.25) is 5.02 Å². The van der Waals surface area contributed by atoms with Crippen molar-refractivity contribution in [3.63, 3.8) is 0 Å². The van der Waals surface area contributed by atoms with Gasteiger partial charge in [-0.05, 0) is 36.5 Å². The van der Waals surface area contributed by atoms with Crippen LogP contribution in [0, 0.1) is 23.2 Å². The Bertz CT molecular complexity index is 637. The minimum absolute atomic E-state index is 0.104. The van der Waals surface area contributed by atoms with Gasteiger partial charge in [-0.2, -0.15) is 5.26 Å². The summed E-state index contributed by atoms with van der Waals surface area (Å²) in [6.45, 7) is 2.62. The van der Waals surface area contributed by atoms with Gasteiger partial charge in [-0.15, -0.1) is 0 Å². The van der Waals surface area contributed by atoms with Crippen LogP contribution in [0.4, 0.5) is 0 Å². The predicted molar refractivity (Wildman–Crippen MR) is 77.9 cm³/mol. The first-order valence-corrected chi connectivity index (χ1v) is 8.49. The average molecular weight is 313 g/mol. The Balaban J connectivity index is 2.10. The quantitative estimate of drug-likeness (QED) is 0.929. The highest BCUT2D eigenvalue weighted by Crippen LogP contribution is 2.30. The standard InChI is InChI=1S/C14H17ClN2O2S/c1-10-3-2-4-12(10)9-17-20(18,19)13-6-5-11(8-16)14(15)7-13/h5-7,10,12,17H,2-4,9H2,1H3. The van der Waals surface area contributed by atoms with Crippen LogP contribution >= 0.6 is 11.6 Å². The number of sulfonamides is 1. The lowest BCUT2D eigenvalue weighted by molar-refractivity contribution is 0.414. The SMILES string of the molecule is CC1CCCC1CNS(=O)(=O)c1ccc(C#N)c(Cl)c1.